The fraction of sp³-hybridized carbons (Fsp3) is 0.400. The van der Waals surface area contributed by atoms with Crippen molar-refractivity contribution >= 4 is 20.8 Å². The molecule has 8 nitrogen and oxygen atoms in total. The number of benzene rings is 2. The Labute approximate surface area is 197 Å². The zero-order valence-electron chi connectivity index (χ0n) is 19.4. The summed E-state index contributed by atoms with van der Waals surface area (Å²) in [6.07, 6.45) is -3.43. The Morgan fingerprint density at radius 1 is 1.06 bits per heavy atom. The molecule has 1 aliphatic heterocycles. The fourth-order valence-electron chi connectivity index (χ4n) is 4.06. The van der Waals surface area contributed by atoms with Crippen LogP contribution in [0.5, 0.6) is 5.75 Å². The lowest BCUT2D eigenvalue weighted by atomic mass is 9.82. The molecule has 9 heteroatoms. The molecule has 182 valence electrons. The maximum Gasteiger partial charge on any atom is 0.340 e. The van der Waals surface area contributed by atoms with Crippen LogP contribution in [0.4, 0.5) is 0 Å². The molecule has 0 aliphatic carbocycles. The van der Waals surface area contributed by atoms with Gasteiger partial charge in [-0.15, -0.1) is 0 Å². The minimum Gasteiger partial charge on any atom is -0.462 e. The summed E-state index contributed by atoms with van der Waals surface area (Å²) in [5.41, 5.74) is -0.753. The van der Waals surface area contributed by atoms with Crippen molar-refractivity contribution in [2.75, 3.05) is 0 Å². The van der Waals surface area contributed by atoms with Crippen molar-refractivity contribution in [3.8, 4) is 5.75 Å². The first-order valence-electron chi connectivity index (χ1n) is 11.0. The van der Waals surface area contributed by atoms with Crippen LogP contribution in [0.15, 0.2) is 62.6 Å². The van der Waals surface area contributed by atoms with Gasteiger partial charge in [0, 0.05) is 16.9 Å². The molecule has 0 spiro atoms. The van der Waals surface area contributed by atoms with Crippen LogP contribution in [-0.2, 0) is 20.3 Å². The quantitative estimate of drug-likeness (QED) is 0.526. The van der Waals surface area contributed by atoms with Gasteiger partial charge in [0.25, 0.3) is 0 Å². The average molecular weight is 489 g/mol. The largest absolute Gasteiger partial charge is 0.462 e. The maximum absolute atomic E-state index is 12.7. The molecule has 1 aromatic heterocycles. The summed E-state index contributed by atoms with van der Waals surface area (Å²) in [5, 5.41) is 21.4. The number of rotatable bonds is 5. The highest BCUT2D eigenvalue weighted by atomic mass is 32.2. The van der Waals surface area contributed by atoms with E-state index in [2.05, 4.69) is 0 Å². The monoisotopic (exact) mass is 488 g/mol. The van der Waals surface area contributed by atoms with Gasteiger partial charge in [0.1, 0.15) is 17.4 Å². The van der Waals surface area contributed by atoms with E-state index < -0.39 is 45.3 Å². The standard InChI is InChI=1S/C25H28O8S/c1-14-19(31-24-21(27)20(26)15(2)25(3,4)33-24)11-10-16-12-17(23(28)32-22(14)16)13-34(29,30)18-8-6-5-7-9-18/h5-12,15,20-21,24,26-27H,13H2,1-4H3/t15-,20-,21+,24?/m1/s1. The summed E-state index contributed by atoms with van der Waals surface area (Å²) in [6, 6.07) is 12.7. The van der Waals surface area contributed by atoms with Crippen molar-refractivity contribution in [3.63, 3.8) is 0 Å². The number of hydrogen-bond donors (Lipinski definition) is 2. The van der Waals surface area contributed by atoms with Crippen LogP contribution in [0.2, 0.25) is 0 Å². The topological polar surface area (TPSA) is 123 Å². The molecule has 2 heterocycles. The van der Waals surface area contributed by atoms with Crippen molar-refractivity contribution in [1.82, 2.24) is 0 Å². The lowest BCUT2D eigenvalue weighted by Gasteiger charge is -2.46. The van der Waals surface area contributed by atoms with Gasteiger partial charge in [-0.2, -0.15) is 0 Å². The van der Waals surface area contributed by atoms with Crippen molar-refractivity contribution < 1.29 is 32.5 Å². The molecule has 0 amide bonds. The highest BCUT2D eigenvalue weighted by Gasteiger charge is 2.47. The van der Waals surface area contributed by atoms with Gasteiger partial charge in [-0.25, -0.2) is 13.2 Å². The second-order valence-corrected chi connectivity index (χ2v) is 11.2. The van der Waals surface area contributed by atoms with Crippen LogP contribution in [0.3, 0.4) is 0 Å². The molecule has 0 saturated carbocycles. The Morgan fingerprint density at radius 3 is 2.41 bits per heavy atom. The third-order valence-corrected chi connectivity index (χ3v) is 8.20. The molecular formula is C25H28O8S. The summed E-state index contributed by atoms with van der Waals surface area (Å²) in [5.74, 6) is -0.495. The number of aliphatic hydroxyl groups is 2. The first kappa shape index (κ1) is 24.4. The Hall–Kier alpha value is -2.72. The smallest absolute Gasteiger partial charge is 0.340 e. The van der Waals surface area contributed by atoms with Gasteiger partial charge in [-0.05, 0) is 51.1 Å². The number of ether oxygens (including phenoxy) is 2. The number of aryl methyl sites for hydroxylation is 1. The minimum absolute atomic E-state index is 0.0225. The normalized spacial score (nSPS) is 24.8. The zero-order valence-corrected chi connectivity index (χ0v) is 20.2. The van der Waals surface area contributed by atoms with E-state index in [9.17, 15) is 23.4 Å². The van der Waals surface area contributed by atoms with E-state index in [0.717, 1.165) is 0 Å². The van der Waals surface area contributed by atoms with E-state index in [0.29, 0.717) is 16.7 Å². The summed E-state index contributed by atoms with van der Waals surface area (Å²) in [4.78, 5) is 12.8. The molecule has 0 bridgehead atoms. The Morgan fingerprint density at radius 2 is 1.74 bits per heavy atom. The predicted octanol–water partition coefficient (Wildman–Crippen LogP) is 2.95. The van der Waals surface area contributed by atoms with Gasteiger partial charge >= 0.3 is 5.63 Å². The van der Waals surface area contributed by atoms with E-state index in [1.807, 2.05) is 0 Å². The van der Waals surface area contributed by atoms with Gasteiger partial charge in [-0.1, -0.05) is 25.1 Å². The molecule has 1 aliphatic rings. The Balaban J connectivity index is 1.64. The molecule has 3 aromatic rings. The molecule has 2 N–H and O–H groups in total. The van der Waals surface area contributed by atoms with Crippen LogP contribution in [0, 0.1) is 12.8 Å². The Kier molecular flexibility index (Phi) is 6.32. The van der Waals surface area contributed by atoms with E-state index >= 15 is 0 Å². The number of fused-ring (bicyclic) bond motifs is 1. The lowest BCUT2D eigenvalue weighted by molar-refractivity contribution is -0.285. The second-order valence-electron chi connectivity index (χ2n) is 9.22. The maximum atomic E-state index is 12.7. The number of aliphatic hydroxyl groups excluding tert-OH is 2. The third kappa shape index (κ3) is 4.48. The SMILES string of the molecule is Cc1c(OC2OC(C)(C)[C@H](C)[C@@H](O)[C@@H]2O)ccc2cc(CS(=O)(=O)c3ccccc3)c(=O)oc12. The molecule has 1 fully saturated rings. The van der Waals surface area contributed by atoms with Gasteiger partial charge < -0.3 is 24.1 Å². The van der Waals surface area contributed by atoms with Crippen molar-refractivity contribution in [3.05, 3.63) is 70.1 Å². The molecule has 2 aromatic carbocycles. The van der Waals surface area contributed by atoms with E-state index in [4.69, 9.17) is 13.9 Å². The van der Waals surface area contributed by atoms with Crippen molar-refractivity contribution in [2.24, 2.45) is 5.92 Å². The Bertz CT molecular complexity index is 1360. The van der Waals surface area contributed by atoms with E-state index in [1.165, 1.54) is 18.2 Å². The molecule has 1 saturated heterocycles. The molecule has 34 heavy (non-hydrogen) atoms. The van der Waals surface area contributed by atoms with Gasteiger partial charge in [0.05, 0.1) is 27.9 Å². The van der Waals surface area contributed by atoms with Crippen molar-refractivity contribution in [2.45, 2.75) is 62.4 Å². The highest BCUT2D eigenvalue weighted by Crippen LogP contribution is 2.36. The summed E-state index contributed by atoms with van der Waals surface area (Å²) < 4.78 is 42.7. The van der Waals surface area contributed by atoms with Gasteiger partial charge in [0.15, 0.2) is 9.84 Å². The summed E-state index contributed by atoms with van der Waals surface area (Å²) >= 11 is 0. The minimum atomic E-state index is -3.72. The highest BCUT2D eigenvalue weighted by molar-refractivity contribution is 7.90. The second kappa shape index (κ2) is 8.81. The molecule has 4 rings (SSSR count). The fourth-order valence-corrected chi connectivity index (χ4v) is 5.41. The molecule has 1 unspecified atom stereocenters. The average Bonchev–Trinajstić information content (AvgIpc) is 2.79. The van der Waals surface area contributed by atoms with Crippen LogP contribution in [0.25, 0.3) is 11.0 Å². The van der Waals surface area contributed by atoms with E-state index in [-0.39, 0.29) is 22.0 Å². The molecular weight excluding hydrogens is 460 g/mol. The number of hydrogen-bond acceptors (Lipinski definition) is 8. The zero-order chi connectivity index (χ0) is 24.8. The van der Waals surface area contributed by atoms with Crippen LogP contribution >= 0.6 is 0 Å². The van der Waals surface area contributed by atoms with E-state index in [1.54, 1.807) is 58.0 Å². The van der Waals surface area contributed by atoms with Crippen LogP contribution in [-0.4, -0.2) is 42.7 Å². The van der Waals surface area contributed by atoms with Gasteiger partial charge in [-0.3, -0.25) is 0 Å². The molecule has 4 atom stereocenters. The third-order valence-electron chi connectivity index (χ3n) is 6.52. The lowest BCUT2D eigenvalue weighted by Crippen LogP contribution is -2.59. The van der Waals surface area contributed by atoms with Crippen molar-refractivity contribution in [1.29, 1.82) is 0 Å². The summed E-state index contributed by atoms with van der Waals surface area (Å²) in [7, 11) is -3.72. The predicted molar refractivity (Wildman–Crippen MR) is 125 cm³/mol. The van der Waals surface area contributed by atoms with Crippen LogP contribution in [0.1, 0.15) is 31.9 Å². The number of sulfone groups is 1. The summed E-state index contributed by atoms with van der Waals surface area (Å²) in [6.45, 7) is 7.08. The van der Waals surface area contributed by atoms with Gasteiger partial charge in [0.2, 0.25) is 6.29 Å². The molecule has 0 radical (unpaired) electrons. The van der Waals surface area contributed by atoms with Crippen LogP contribution < -0.4 is 10.4 Å². The first-order chi connectivity index (χ1) is 15.9. The first-order valence-corrected chi connectivity index (χ1v) is 12.6.